The summed E-state index contributed by atoms with van der Waals surface area (Å²) >= 11 is 0. The van der Waals surface area contributed by atoms with E-state index in [0.29, 0.717) is 13.2 Å². The van der Waals surface area contributed by atoms with E-state index in [9.17, 15) is 4.80 Å². The van der Waals surface area contributed by atoms with E-state index in [1.807, 2.05) is 0 Å². The van der Waals surface area contributed by atoms with Gasteiger partial charge in [0.2, 0.25) is 0 Å². The molecule has 1 saturated carbocycles. The van der Waals surface area contributed by atoms with Crippen molar-refractivity contribution in [3.05, 3.63) is 0 Å². The molecular weight excluding hydrogens is 244 g/mol. The molecule has 0 bridgehead atoms. The molecule has 1 fully saturated rings. The zero-order valence-corrected chi connectivity index (χ0v) is 13.1. The van der Waals surface area contributed by atoms with Crippen LogP contribution in [0.25, 0.3) is 0 Å². The summed E-state index contributed by atoms with van der Waals surface area (Å²) in [4.78, 5) is 10.8. The Balaban J connectivity index is 2.58. The molecule has 0 amide bonds. The van der Waals surface area contributed by atoms with Gasteiger partial charge in [-0.2, -0.15) is 0 Å². The molecule has 108 valence electrons. The van der Waals surface area contributed by atoms with Crippen molar-refractivity contribution < 1.29 is 13.6 Å². The first-order valence-electron chi connectivity index (χ1n) is 7.73. The van der Waals surface area contributed by atoms with Crippen LogP contribution in [0.5, 0.6) is 0 Å². The Hall–Kier alpha value is 0.0969. The van der Waals surface area contributed by atoms with Gasteiger partial charge in [0.15, 0.2) is 0 Å². The highest BCUT2D eigenvalue weighted by molar-refractivity contribution is 6.61. The fourth-order valence-corrected chi connectivity index (χ4v) is 5.28. The second-order valence-corrected chi connectivity index (χ2v) is 8.02. The van der Waals surface area contributed by atoms with Gasteiger partial charge in [0, 0.05) is 18.8 Å². The predicted octanol–water partition coefficient (Wildman–Crippen LogP) is 3.89. The maximum Gasteiger partial charge on any atom is 0.501 e. The standard InChI is InChI=1S/C14H30O3Si/c1-3-12-16-18(15,17-13-4-2)14-10-8-6-5-7-9-11-14/h14-15H,3-13H2,1-2H3. The third kappa shape index (κ3) is 5.39. The molecule has 0 aromatic heterocycles. The molecule has 1 aliphatic rings. The van der Waals surface area contributed by atoms with Gasteiger partial charge in [-0.05, 0) is 25.7 Å². The fraction of sp³-hybridized carbons (Fsp3) is 1.00. The van der Waals surface area contributed by atoms with Gasteiger partial charge in [-0.15, -0.1) is 0 Å². The van der Waals surface area contributed by atoms with E-state index < -0.39 is 8.80 Å². The van der Waals surface area contributed by atoms with Gasteiger partial charge in [-0.3, -0.25) is 0 Å². The van der Waals surface area contributed by atoms with Crippen LogP contribution in [0, 0.1) is 0 Å². The van der Waals surface area contributed by atoms with Gasteiger partial charge in [-0.25, -0.2) is 0 Å². The largest absolute Gasteiger partial charge is 0.501 e. The highest BCUT2D eigenvalue weighted by Gasteiger charge is 2.45. The van der Waals surface area contributed by atoms with Crippen molar-refractivity contribution in [2.24, 2.45) is 0 Å². The van der Waals surface area contributed by atoms with Crippen LogP contribution in [0.2, 0.25) is 5.54 Å². The Morgan fingerprint density at radius 3 is 1.78 bits per heavy atom. The minimum atomic E-state index is -2.95. The summed E-state index contributed by atoms with van der Waals surface area (Å²) in [6, 6.07) is 0. The molecule has 0 saturated heterocycles. The van der Waals surface area contributed by atoms with Crippen LogP contribution in [-0.2, 0) is 8.85 Å². The van der Waals surface area contributed by atoms with Gasteiger partial charge < -0.3 is 13.6 Å². The molecule has 3 nitrogen and oxygen atoms in total. The average molecular weight is 274 g/mol. The summed E-state index contributed by atoms with van der Waals surface area (Å²) in [5.41, 5.74) is 0.274. The third-order valence-electron chi connectivity index (χ3n) is 3.65. The van der Waals surface area contributed by atoms with Crippen molar-refractivity contribution in [3.8, 4) is 0 Å². The fourth-order valence-electron chi connectivity index (χ4n) is 2.59. The second-order valence-electron chi connectivity index (χ2n) is 5.37. The predicted molar refractivity (Wildman–Crippen MR) is 76.5 cm³/mol. The third-order valence-corrected chi connectivity index (χ3v) is 6.49. The molecule has 0 spiro atoms. The van der Waals surface area contributed by atoms with E-state index >= 15 is 0 Å². The van der Waals surface area contributed by atoms with E-state index in [0.717, 1.165) is 25.7 Å². The molecule has 0 unspecified atom stereocenters. The summed E-state index contributed by atoms with van der Waals surface area (Å²) in [7, 11) is -2.95. The first-order chi connectivity index (χ1) is 8.73. The summed E-state index contributed by atoms with van der Waals surface area (Å²) < 4.78 is 11.6. The lowest BCUT2D eigenvalue weighted by atomic mass is 10.0. The lowest BCUT2D eigenvalue weighted by molar-refractivity contribution is 0.0825. The van der Waals surface area contributed by atoms with E-state index in [1.165, 1.54) is 32.1 Å². The van der Waals surface area contributed by atoms with Crippen LogP contribution in [-0.4, -0.2) is 26.8 Å². The van der Waals surface area contributed by atoms with E-state index in [-0.39, 0.29) is 5.54 Å². The van der Waals surface area contributed by atoms with Crippen molar-refractivity contribution in [1.29, 1.82) is 0 Å². The van der Waals surface area contributed by atoms with Crippen LogP contribution in [0.15, 0.2) is 0 Å². The van der Waals surface area contributed by atoms with Gasteiger partial charge >= 0.3 is 8.80 Å². The molecule has 0 aliphatic heterocycles. The SMILES string of the molecule is CCCO[Si](O)(OCCC)C1CCCCCCC1. The molecule has 0 aromatic rings. The van der Waals surface area contributed by atoms with Crippen molar-refractivity contribution in [2.75, 3.05) is 13.2 Å². The van der Waals surface area contributed by atoms with Gasteiger partial charge in [0.1, 0.15) is 0 Å². The van der Waals surface area contributed by atoms with E-state index in [2.05, 4.69) is 13.8 Å². The average Bonchev–Trinajstić information content (AvgIpc) is 2.33. The maximum absolute atomic E-state index is 10.8. The molecule has 1 N–H and O–H groups in total. The van der Waals surface area contributed by atoms with Gasteiger partial charge in [0.05, 0.1) is 0 Å². The monoisotopic (exact) mass is 274 g/mol. The zero-order chi connectivity index (χ0) is 13.3. The Morgan fingerprint density at radius 2 is 1.33 bits per heavy atom. The molecule has 4 heteroatoms. The summed E-state index contributed by atoms with van der Waals surface area (Å²) in [5, 5.41) is 0. The van der Waals surface area contributed by atoms with Gasteiger partial charge in [0.25, 0.3) is 0 Å². The summed E-state index contributed by atoms with van der Waals surface area (Å²) in [6.07, 6.45) is 10.4. The lowest BCUT2D eigenvalue weighted by Gasteiger charge is -2.32. The molecule has 1 aliphatic carbocycles. The molecule has 0 aromatic carbocycles. The van der Waals surface area contributed by atoms with Crippen LogP contribution >= 0.6 is 0 Å². The lowest BCUT2D eigenvalue weighted by Crippen LogP contribution is -2.48. The minimum absolute atomic E-state index is 0.274. The van der Waals surface area contributed by atoms with Crippen molar-refractivity contribution in [1.82, 2.24) is 0 Å². The van der Waals surface area contributed by atoms with Crippen molar-refractivity contribution in [2.45, 2.75) is 77.2 Å². The van der Waals surface area contributed by atoms with Crippen LogP contribution in [0.1, 0.15) is 71.6 Å². The highest BCUT2D eigenvalue weighted by atomic mass is 28.4. The molecule has 0 radical (unpaired) electrons. The Morgan fingerprint density at radius 1 is 0.889 bits per heavy atom. The first kappa shape index (κ1) is 16.2. The van der Waals surface area contributed by atoms with E-state index in [4.69, 9.17) is 8.85 Å². The number of hydrogen-bond donors (Lipinski definition) is 1. The second kappa shape index (κ2) is 9.07. The Bertz CT molecular complexity index is 195. The maximum atomic E-state index is 10.8. The van der Waals surface area contributed by atoms with Crippen LogP contribution in [0.4, 0.5) is 0 Å². The smallest absolute Gasteiger partial charge is 0.390 e. The highest BCUT2D eigenvalue weighted by Crippen LogP contribution is 2.35. The van der Waals surface area contributed by atoms with Crippen LogP contribution < -0.4 is 0 Å². The van der Waals surface area contributed by atoms with Gasteiger partial charge in [-0.1, -0.05) is 46.0 Å². The topological polar surface area (TPSA) is 38.7 Å². The normalized spacial score (nSPS) is 19.5. The Kier molecular flexibility index (Phi) is 8.14. The summed E-state index contributed by atoms with van der Waals surface area (Å²) in [6.45, 7) is 5.41. The quantitative estimate of drug-likeness (QED) is 0.716. The summed E-state index contributed by atoms with van der Waals surface area (Å²) in [5.74, 6) is 0. The molecule has 18 heavy (non-hydrogen) atoms. The Labute approximate surface area is 113 Å². The van der Waals surface area contributed by atoms with Crippen LogP contribution in [0.3, 0.4) is 0 Å². The number of hydrogen-bond acceptors (Lipinski definition) is 3. The van der Waals surface area contributed by atoms with Crippen molar-refractivity contribution in [3.63, 3.8) is 0 Å². The number of rotatable bonds is 7. The minimum Gasteiger partial charge on any atom is -0.390 e. The van der Waals surface area contributed by atoms with E-state index in [1.54, 1.807) is 0 Å². The molecule has 1 rings (SSSR count). The van der Waals surface area contributed by atoms with Crippen molar-refractivity contribution >= 4 is 8.80 Å². The zero-order valence-electron chi connectivity index (χ0n) is 12.1. The first-order valence-corrected chi connectivity index (χ1v) is 9.57. The molecular formula is C14H30O3Si. The molecule has 0 atom stereocenters. The molecule has 0 heterocycles.